The van der Waals surface area contributed by atoms with Crippen molar-refractivity contribution in [2.45, 2.75) is 50.1 Å². The number of fused-ring (bicyclic) bond motifs is 4. The molecule has 46 heavy (non-hydrogen) atoms. The van der Waals surface area contributed by atoms with E-state index in [9.17, 15) is 49.8 Å². The zero-order valence-electron chi connectivity index (χ0n) is 25.0. The van der Waals surface area contributed by atoms with Crippen molar-refractivity contribution in [2.24, 2.45) is 11.8 Å². The number of phenolic OH excluding ortho intramolecular Hbond substituents is 2. The molecule has 0 radical (unpaired) electrons. The molecule has 2 aliphatic carbocycles. The van der Waals surface area contributed by atoms with E-state index in [0.29, 0.717) is 0 Å². The van der Waals surface area contributed by atoms with E-state index in [0.717, 1.165) is 20.3 Å². The van der Waals surface area contributed by atoms with Gasteiger partial charge in [0.25, 0.3) is 11.2 Å². The van der Waals surface area contributed by atoms with Crippen molar-refractivity contribution in [3.8, 4) is 34.1 Å². The molecule has 2 aromatic carbocycles. The second-order valence-corrected chi connectivity index (χ2v) is 11.9. The first-order valence-corrected chi connectivity index (χ1v) is 14.3. The van der Waals surface area contributed by atoms with E-state index in [-0.39, 0.29) is 29.7 Å². The number of Topliss-reactive ketones (excluding diaryl/α,β-unsaturated/α-hetero) is 2. The number of carbonyl (C=O) groups excluding carboxylic acids is 4. The van der Waals surface area contributed by atoms with Gasteiger partial charge in [0, 0.05) is 24.0 Å². The molecular formula is C32H30O14. The van der Waals surface area contributed by atoms with Crippen LogP contribution in [0.15, 0.2) is 35.4 Å². The third-order valence-corrected chi connectivity index (χ3v) is 9.25. The van der Waals surface area contributed by atoms with E-state index >= 15 is 0 Å². The van der Waals surface area contributed by atoms with Gasteiger partial charge in [0.2, 0.25) is 0 Å². The molecule has 2 aromatic rings. The molecule has 0 spiro atoms. The Morgan fingerprint density at radius 2 is 1.22 bits per heavy atom. The third kappa shape index (κ3) is 3.70. The SMILES string of the molecule is COC(=O)[C@@]12Oc3c(-c4ccc5c(c4O)C(O)=C4C(=O)C[C@H](C)[C@H](O)[C@]4(C(=O)OC)O5)ccc(O)c3C(O)=C1C(=O)C[C@H](C)[C@H]2O. The number of ketones is 2. The minimum atomic E-state index is -2.55. The predicted molar refractivity (Wildman–Crippen MR) is 155 cm³/mol. The fraction of sp³-hybridized carbons (Fsp3) is 0.375. The molecule has 0 bridgehead atoms. The largest absolute Gasteiger partial charge is 0.507 e. The van der Waals surface area contributed by atoms with Gasteiger partial charge in [-0.05, 0) is 36.1 Å². The van der Waals surface area contributed by atoms with Gasteiger partial charge in [-0.3, -0.25) is 9.59 Å². The number of hydrogen-bond donors (Lipinski definition) is 6. The van der Waals surface area contributed by atoms with E-state index in [1.807, 2.05) is 0 Å². The molecule has 0 saturated heterocycles. The number of esters is 2. The lowest BCUT2D eigenvalue weighted by molar-refractivity contribution is -0.173. The number of benzene rings is 2. The van der Waals surface area contributed by atoms with Gasteiger partial charge in [-0.15, -0.1) is 0 Å². The van der Waals surface area contributed by atoms with Crippen LogP contribution in [-0.4, -0.2) is 91.8 Å². The minimum absolute atomic E-state index is 0.105. The number of ether oxygens (including phenoxy) is 4. The molecule has 6 N–H and O–H groups in total. The molecule has 0 aromatic heterocycles. The van der Waals surface area contributed by atoms with Gasteiger partial charge in [0.15, 0.2) is 11.6 Å². The standard InChI is InChI=1S/C32H30O14/c1-11-9-17(35)22-25(38)20-18(45-31(22,27(11)39)29(41)43-3)8-6-13(23(20)36)14-5-7-15(33)19-24(37)21-16(34)10-12(2)28(40)32(21,30(42)44-4)46-26(14)19/h5-8,11-12,27-28,33,36-40H,9-10H2,1-4H3/t11-,12-,27-,28+,31+,32+/m0/s1. The quantitative estimate of drug-likeness (QED) is 0.264. The van der Waals surface area contributed by atoms with Gasteiger partial charge in [0.1, 0.15) is 57.9 Å². The Morgan fingerprint density at radius 3 is 1.74 bits per heavy atom. The number of methoxy groups -OCH3 is 2. The molecule has 2 fully saturated rings. The number of aliphatic hydroxyl groups is 4. The number of aliphatic hydroxyl groups excluding tert-OH is 4. The molecule has 6 rings (SSSR count). The van der Waals surface area contributed by atoms with Gasteiger partial charge >= 0.3 is 11.9 Å². The second kappa shape index (κ2) is 10.2. The lowest BCUT2D eigenvalue weighted by atomic mass is 9.69. The molecule has 14 heteroatoms. The molecule has 14 nitrogen and oxygen atoms in total. The summed E-state index contributed by atoms with van der Waals surface area (Å²) in [5.41, 5.74) is -7.36. The zero-order valence-corrected chi connectivity index (χ0v) is 25.0. The van der Waals surface area contributed by atoms with Crippen LogP contribution >= 0.6 is 0 Å². The number of hydrogen-bond acceptors (Lipinski definition) is 14. The van der Waals surface area contributed by atoms with Crippen LogP contribution in [0.3, 0.4) is 0 Å². The Balaban J connectivity index is 1.61. The van der Waals surface area contributed by atoms with E-state index in [1.54, 1.807) is 0 Å². The molecule has 2 aliphatic heterocycles. The lowest BCUT2D eigenvalue weighted by Crippen LogP contribution is -2.64. The first-order chi connectivity index (χ1) is 21.7. The predicted octanol–water partition coefficient (Wildman–Crippen LogP) is 1.85. The summed E-state index contributed by atoms with van der Waals surface area (Å²) in [4.78, 5) is 52.7. The highest BCUT2D eigenvalue weighted by Gasteiger charge is 2.64. The van der Waals surface area contributed by atoms with Crippen LogP contribution in [-0.2, 0) is 28.7 Å². The van der Waals surface area contributed by atoms with Gasteiger partial charge in [-0.2, -0.15) is 0 Å². The maximum atomic E-state index is 13.3. The highest BCUT2D eigenvalue weighted by atomic mass is 16.6. The first kappa shape index (κ1) is 30.9. The highest BCUT2D eigenvalue weighted by Crippen LogP contribution is 2.56. The molecule has 6 atom stereocenters. The maximum Gasteiger partial charge on any atom is 0.358 e. The van der Waals surface area contributed by atoms with Crippen LogP contribution in [0.2, 0.25) is 0 Å². The van der Waals surface area contributed by atoms with Crippen LogP contribution in [0.1, 0.15) is 37.8 Å². The van der Waals surface area contributed by atoms with Crippen molar-refractivity contribution in [2.75, 3.05) is 14.2 Å². The molecular weight excluding hydrogens is 608 g/mol. The van der Waals surface area contributed by atoms with E-state index in [2.05, 4.69) is 0 Å². The van der Waals surface area contributed by atoms with Crippen molar-refractivity contribution in [3.63, 3.8) is 0 Å². The lowest BCUT2D eigenvalue weighted by Gasteiger charge is -2.46. The Morgan fingerprint density at radius 1 is 0.739 bits per heavy atom. The molecule has 2 heterocycles. The Hall–Kier alpha value is -5.08. The maximum absolute atomic E-state index is 13.3. The van der Waals surface area contributed by atoms with Gasteiger partial charge in [-0.25, -0.2) is 9.59 Å². The zero-order chi connectivity index (χ0) is 33.6. The number of aromatic hydroxyl groups is 2. The van der Waals surface area contributed by atoms with E-state index < -0.39 is 110 Å². The molecule has 4 aliphatic rings. The van der Waals surface area contributed by atoms with E-state index in [1.165, 1.54) is 32.0 Å². The van der Waals surface area contributed by atoms with Gasteiger partial charge < -0.3 is 49.6 Å². The molecule has 2 saturated carbocycles. The van der Waals surface area contributed by atoms with Crippen LogP contribution < -0.4 is 9.47 Å². The molecule has 242 valence electrons. The van der Waals surface area contributed by atoms with Crippen LogP contribution in [0.5, 0.6) is 23.0 Å². The van der Waals surface area contributed by atoms with Crippen molar-refractivity contribution < 1.29 is 68.8 Å². The Kier molecular flexibility index (Phi) is 6.87. The fourth-order valence-corrected chi connectivity index (χ4v) is 7.00. The summed E-state index contributed by atoms with van der Waals surface area (Å²) >= 11 is 0. The summed E-state index contributed by atoms with van der Waals surface area (Å²) in [6, 6.07) is 4.83. The summed E-state index contributed by atoms with van der Waals surface area (Å²) in [5.74, 6) is -9.21. The Labute approximate surface area is 260 Å². The average molecular weight is 639 g/mol. The average Bonchev–Trinajstić information content (AvgIpc) is 3.01. The summed E-state index contributed by atoms with van der Waals surface area (Å²) in [7, 11) is 2.01. The van der Waals surface area contributed by atoms with Crippen molar-refractivity contribution in [3.05, 3.63) is 46.5 Å². The topological polar surface area (TPSA) is 227 Å². The summed E-state index contributed by atoms with van der Waals surface area (Å²) in [6.45, 7) is 3.01. The smallest absolute Gasteiger partial charge is 0.358 e. The highest BCUT2D eigenvalue weighted by molar-refractivity contribution is 6.14. The minimum Gasteiger partial charge on any atom is -0.507 e. The number of phenols is 2. The molecule has 0 unspecified atom stereocenters. The van der Waals surface area contributed by atoms with Crippen molar-refractivity contribution >= 4 is 35.0 Å². The fourth-order valence-electron chi connectivity index (χ4n) is 7.00. The summed E-state index contributed by atoms with van der Waals surface area (Å²) in [6.07, 6.45) is -3.83. The number of carbonyl (C=O) groups is 4. The van der Waals surface area contributed by atoms with Gasteiger partial charge in [0.05, 0.1) is 25.4 Å². The van der Waals surface area contributed by atoms with Crippen LogP contribution in [0, 0.1) is 11.8 Å². The van der Waals surface area contributed by atoms with E-state index in [4.69, 9.17) is 18.9 Å². The van der Waals surface area contributed by atoms with Crippen molar-refractivity contribution in [1.82, 2.24) is 0 Å². The first-order valence-electron chi connectivity index (χ1n) is 14.3. The Bertz CT molecular complexity index is 1820. The summed E-state index contributed by atoms with van der Waals surface area (Å²) < 4.78 is 21.8. The second-order valence-electron chi connectivity index (χ2n) is 11.9. The monoisotopic (exact) mass is 638 g/mol. The molecule has 0 amide bonds. The van der Waals surface area contributed by atoms with Gasteiger partial charge in [-0.1, -0.05) is 13.8 Å². The normalized spacial score (nSPS) is 29.9. The van der Waals surface area contributed by atoms with Crippen molar-refractivity contribution in [1.29, 1.82) is 0 Å². The van der Waals surface area contributed by atoms with Crippen LogP contribution in [0.4, 0.5) is 0 Å². The van der Waals surface area contributed by atoms with Crippen LogP contribution in [0.25, 0.3) is 22.6 Å². The number of rotatable bonds is 3. The third-order valence-electron chi connectivity index (χ3n) is 9.25. The summed E-state index contributed by atoms with van der Waals surface area (Å²) in [5, 5.41) is 67.5.